The fourth-order valence-corrected chi connectivity index (χ4v) is 2.22. The van der Waals surface area contributed by atoms with Crippen LogP contribution in [0.25, 0.3) is 0 Å². The molecule has 8 heteroatoms. The highest BCUT2D eigenvalue weighted by molar-refractivity contribution is 9.10. The molecule has 22 heavy (non-hydrogen) atoms. The van der Waals surface area contributed by atoms with E-state index in [-0.39, 0.29) is 22.7 Å². The van der Waals surface area contributed by atoms with Crippen molar-refractivity contribution in [1.29, 1.82) is 0 Å². The summed E-state index contributed by atoms with van der Waals surface area (Å²) in [5, 5.41) is 0.259. The quantitative estimate of drug-likeness (QED) is 0.791. The first-order valence-corrected chi connectivity index (χ1v) is 7.34. The number of carbonyl (C=O) groups excluding carboxylic acids is 2. The molecule has 0 aliphatic carbocycles. The number of nitrogens with zero attached hydrogens (tertiary/aromatic N) is 1. The number of hydrogen-bond donors (Lipinski definition) is 2. The molecule has 0 aliphatic heterocycles. The van der Waals surface area contributed by atoms with E-state index in [0.717, 1.165) is 0 Å². The van der Waals surface area contributed by atoms with E-state index in [9.17, 15) is 14.4 Å². The molecular weight excluding hydrogens is 374 g/mol. The van der Waals surface area contributed by atoms with Crippen LogP contribution in [-0.4, -0.2) is 16.4 Å². The van der Waals surface area contributed by atoms with E-state index >= 15 is 0 Å². The van der Waals surface area contributed by atoms with Crippen molar-refractivity contribution in [3.05, 3.63) is 68.0 Å². The van der Waals surface area contributed by atoms with Gasteiger partial charge in [0.2, 0.25) is 0 Å². The Morgan fingerprint density at radius 1 is 1.18 bits per heavy atom. The molecular formula is C14H11BrClN3O3. The Kier molecular flexibility index (Phi) is 5.35. The Morgan fingerprint density at radius 2 is 1.95 bits per heavy atom. The first-order valence-electron chi connectivity index (χ1n) is 6.17. The molecule has 0 saturated heterocycles. The van der Waals surface area contributed by atoms with E-state index in [2.05, 4.69) is 26.8 Å². The SMILES string of the molecule is O=C(Cn1ccccc1=O)NNC(=O)c1cc(Br)ccc1Cl. The molecule has 0 fully saturated rings. The van der Waals surface area contributed by atoms with Crippen molar-refractivity contribution in [2.45, 2.75) is 6.54 Å². The molecule has 2 amide bonds. The van der Waals surface area contributed by atoms with E-state index < -0.39 is 11.8 Å². The third-order valence-corrected chi connectivity index (χ3v) is 3.52. The van der Waals surface area contributed by atoms with Gasteiger partial charge in [-0.1, -0.05) is 33.6 Å². The lowest BCUT2D eigenvalue weighted by molar-refractivity contribution is -0.122. The van der Waals surface area contributed by atoms with Crippen molar-refractivity contribution in [2.75, 3.05) is 0 Å². The van der Waals surface area contributed by atoms with Gasteiger partial charge in [-0.15, -0.1) is 0 Å². The van der Waals surface area contributed by atoms with E-state index in [1.165, 1.54) is 22.9 Å². The van der Waals surface area contributed by atoms with Crippen LogP contribution in [0, 0.1) is 0 Å². The van der Waals surface area contributed by atoms with Crippen molar-refractivity contribution in [2.24, 2.45) is 0 Å². The van der Waals surface area contributed by atoms with Crippen molar-refractivity contribution >= 4 is 39.3 Å². The summed E-state index contributed by atoms with van der Waals surface area (Å²) in [4.78, 5) is 35.1. The molecule has 2 N–H and O–H groups in total. The second-order valence-corrected chi connectivity index (χ2v) is 5.62. The second-order valence-electron chi connectivity index (χ2n) is 4.29. The van der Waals surface area contributed by atoms with E-state index in [1.807, 2.05) is 0 Å². The summed E-state index contributed by atoms with van der Waals surface area (Å²) in [6.07, 6.45) is 1.48. The number of hydrazine groups is 1. The molecule has 0 radical (unpaired) electrons. The molecule has 0 bridgehead atoms. The molecule has 2 aromatic rings. The number of carbonyl (C=O) groups is 2. The number of nitrogens with one attached hydrogen (secondary N) is 2. The van der Waals surface area contributed by atoms with Crippen LogP contribution in [0.5, 0.6) is 0 Å². The van der Waals surface area contributed by atoms with Crippen LogP contribution in [0.4, 0.5) is 0 Å². The topological polar surface area (TPSA) is 80.2 Å². The van der Waals surface area contributed by atoms with E-state index in [4.69, 9.17) is 11.6 Å². The van der Waals surface area contributed by atoms with Crippen LogP contribution in [0.3, 0.4) is 0 Å². The number of halogens is 2. The monoisotopic (exact) mass is 383 g/mol. The van der Waals surface area contributed by atoms with Gasteiger partial charge in [0.15, 0.2) is 0 Å². The Hall–Kier alpha value is -2.12. The summed E-state index contributed by atoms with van der Waals surface area (Å²) in [7, 11) is 0. The van der Waals surface area contributed by atoms with Gasteiger partial charge in [-0.25, -0.2) is 0 Å². The lowest BCUT2D eigenvalue weighted by Crippen LogP contribution is -2.44. The predicted octanol–water partition coefficient (Wildman–Crippen LogP) is 1.73. The number of pyridine rings is 1. The Morgan fingerprint density at radius 3 is 2.68 bits per heavy atom. The molecule has 0 spiro atoms. The zero-order valence-electron chi connectivity index (χ0n) is 11.2. The summed E-state index contributed by atoms with van der Waals surface area (Å²) < 4.78 is 1.90. The van der Waals surface area contributed by atoms with Crippen molar-refractivity contribution in [3.63, 3.8) is 0 Å². The number of amides is 2. The molecule has 114 valence electrons. The van der Waals surface area contributed by atoms with Crippen molar-refractivity contribution < 1.29 is 9.59 Å². The highest BCUT2D eigenvalue weighted by Crippen LogP contribution is 2.20. The third kappa shape index (κ3) is 4.19. The fraction of sp³-hybridized carbons (Fsp3) is 0.0714. The smallest absolute Gasteiger partial charge is 0.271 e. The molecule has 0 aliphatic rings. The summed E-state index contributed by atoms with van der Waals surface area (Å²) >= 11 is 9.15. The average Bonchev–Trinajstić information content (AvgIpc) is 2.49. The standard InChI is InChI=1S/C14H11BrClN3O3/c15-9-4-5-11(16)10(7-9)14(22)18-17-12(20)8-19-6-2-1-3-13(19)21/h1-7H,8H2,(H,17,20)(H,18,22). The fourth-order valence-electron chi connectivity index (χ4n) is 1.65. The van der Waals surface area contributed by atoms with Gasteiger partial charge < -0.3 is 4.57 Å². The molecule has 1 aromatic heterocycles. The number of rotatable bonds is 3. The maximum absolute atomic E-state index is 11.9. The molecule has 0 unspecified atom stereocenters. The van der Waals surface area contributed by atoms with Gasteiger partial charge in [0.25, 0.3) is 17.4 Å². The zero-order chi connectivity index (χ0) is 16.1. The minimum atomic E-state index is -0.556. The first-order chi connectivity index (χ1) is 10.5. The van der Waals surface area contributed by atoms with E-state index in [1.54, 1.807) is 24.3 Å². The predicted molar refractivity (Wildman–Crippen MR) is 85.5 cm³/mol. The zero-order valence-corrected chi connectivity index (χ0v) is 13.5. The highest BCUT2D eigenvalue weighted by Gasteiger charge is 2.12. The van der Waals surface area contributed by atoms with Gasteiger partial charge in [0.1, 0.15) is 6.54 Å². The summed E-state index contributed by atoms with van der Waals surface area (Å²) in [6.45, 7) is -0.202. The molecule has 2 rings (SSSR count). The van der Waals surface area contributed by atoms with Gasteiger partial charge in [-0.2, -0.15) is 0 Å². The lowest BCUT2D eigenvalue weighted by Gasteiger charge is -2.09. The molecule has 0 atom stereocenters. The number of benzene rings is 1. The van der Waals surface area contributed by atoms with Gasteiger partial charge in [-0.05, 0) is 24.3 Å². The van der Waals surface area contributed by atoms with E-state index in [0.29, 0.717) is 4.47 Å². The Labute approximate surface area is 139 Å². The summed E-state index contributed by atoms with van der Waals surface area (Å²) in [6, 6.07) is 9.34. The largest absolute Gasteiger partial charge is 0.306 e. The minimum absolute atomic E-state index is 0.202. The molecule has 0 saturated carbocycles. The van der Waals surface area contributed by atoms with Gasteiger partial charge in [0, 0.05) is 16.7 Å². The minimum Gasteiger partial charge on any atom is -0.306 e. The lowest BCUT2D eigenvalue weighted by atomic mass is 10.2. The van der Waals surface area contributed by atoms with Crippen LogP contribution >= 0.6 is 27.5 Å². The molecule has 6 nitrogen and oxygen atoms in total. The van der Waals surface area contributed by atoms with Gasteiger partial charge >= 0.3 is 0 Å². The maximum Gasteiger partial charge on any atom is 0.271 e. The van der Waals surface area contributed by atoms with Crippen LogP contribution in [-0.2, 0) is 11.3 Å². The summed E-state index contributed by atoms with van der Waals surface area (Å²) in [5.74, 6) is -1.09. The third-order valence-electron chi connectivity index (χ3n) is 2.70. The Balaban J connectivity index is 1.96. The molecule has 1 aromatic carbocycles. The van der Waals surface area contributed by atoms with Gasteiger partial charge in [0.05, 0.1) is 10.6 Å². The Bertz CT molecular complexity index is 776. The van der Waals surface area contributed by atoms with Crippen LogP contribution in [0.15, 0.2) is 51.9 Å². The number of hydrogen-bond acceptors (Lipinski definition) is 3. The van der Waals surface area contributed by atoms with Crippen molar-refractivity contribution in [1.82, 2.24) is 15.4 Å². The first kappa shape index (κ1) is 16.3. The van der Waals surface area contributed by atoms with Gasteiger partial charge in [-0.3, -0.25) is 25.2 Å². The van der Waals surface area contributed by atoms with Crippen LogP contribution in [0.2, 0.25) is 5.02 Å². The highest BCUT2D eigenvalue weighted by atomic mass is 79.9. The normalized spacial score (nSPS) is 10.1. The molecule has 1 heterocycles. The average molecular weight is 385 g/mol. The second kappa shape index (κ2) is 7.24. The van der Waals surface area contributed by atoms with Crippen molar-refractivity contribution in [3.8, 4) is 0 Å². The summed E-state index contributed by atoms with van der Waals surface area (Å²) in [5.41, 5.74) is 4.39. The maximum atomic E-state index is 11.9. The van der Waals surface area contributed by atoms with Crippen LogP contribution in [0.1, 0.15) is 10.4 Å². The van der Waals surface area contributed by atoms with Crippen LogP contribution < -0.4 is 16.4 Å². The number of aromatic nitrogens is 1.